The molecule has 0 amide bonds. The Morgan fingerprint density at radius 3 is 2.08 bits per heavy atom. The van der Waals surface area contributed by atoms with Crippen LogP contribution in [-0.4, -0.2) is 84.1 Å². The first kappa shape index (κ1) is 25.4. The minimum atomic E-state index is -0.0675. The fourth-order valence-electron chi connectivity index (χ4n) is 5.23. The average molecular weight is 503 g/mol. The van der Waals surface area contributed by atoms with Crippen molar-refractivity contribution in [3.63, 3.8) is 0 Å². The van der Waals surface area contributed by atoms with Crippen LogP contribution in [0.4, 0.5) is 5.95 Å². The smallest absolute Gasteiger partial charge is 0.252 e. The highest BCUT2D eigenvalue weighted by molar-refractivity contribution is 5.31. The summed E-state index contributed by atoms with van der Waals surface area (Å²) in [4.78, 5) is 30.0. The Balaban J connectivity index is 1.14. The lowest BCUT2D eigenvalue weighted by Gasteiger charge is -2.34. The van der Waals surface area contributed by atoms with Gasteiger partial charge in [0.15, 0.2) is 0 Å². The standard InChI is InChI=1S/C29H38N6O2/c1-37-27-10-8-25(9-11-27)22-32-12-5-13-35(19-18-32)29-30-26(20-28(36)31-29)23-34-16-14-33(15-17-34)21-24-6-3-2-4-7-24/h2-4,6-11,20H,5,12-19,21-23H2,1H3,(H,30,31,36). The number of methoxy groups -OCH3 is 1. The third-order valence-electron chi connectivity index (χ3n) is 7.34. The lowest BCUT2D eigenvalue weighted by molar-refractivity contribution is 0.121. The predicted octanol–water partition coefficient (Wildman–Crippen LogP) is 2.81. The number of ether oxygens (including phenoxy) is 1. The molecule has 2 saturated heterocycles. The van der Waals surface area contributed by atoms with E-state index in [9.17, 15) is 4.79 Å². The van der Waals surface area contributed by atoms with Crippen molar-refractivity contribution in [2.75, 3.05) is 64.4 Å². The van der Waals surface area contributed by atoms with E-state index in [4.69, 9.17) is 9.72 Å². The van der Waals surface area contributed by atoms with Gasteiger partial charge in [-0.3, -0.25) is 24.5 Å². The maximum Gasteiger partial charge on any atom is 0.252 e. The fraction of sp³-hybridized carbons (Fsp3) is 0.448. The van der Waals surface area contributed by atoms with Crippen molar-refractivity contribution in [3.8, 4) is 5.75 Å². The molecule has 37 heavy (non-hydrogen) atoms. The van der Waals surface area contributed by atoms with Crippen LogP contribution >= 0.6 is 0 Å². The molecule has 0 spiro atoms. The molecule has 5 rings (SSSR count). The normalized spacial score (nSPS) is 18.0. The molecule has 1 N–H and O–H groups in total. The Morgan fingerprint density at radius 2 is 1.38 bits per heavy atom. The first-order valence-electron chi connectivity index (χ1n) is 13.3. The number of nitrogens with one attached hydrogen (secondary N) is 1. The summed E-state index contributed by atoms with van der Waals surface area (Å²) < 4.78 is 5.27. The molecule has 2 fully saturated rings. The highest BCUT2D eigenvalue weighted by atomic mass is 16.5. The molecule has 2 aromatic carbocycles. The molecule has 0 radical (unpaired) electrons. The van der Waals surface area contributed by atoms with Crippen molar-refractivity contribution in [3.05, 3.63) is 87.8 Å². The molecule has 196 valence electrons. The largest absolute Gasteiger partial charge is 0.497 e. The first-order valence-corrected chi connectivity index (χ1v) is 13.3. The van der Waals surface area contributed by atoms with E-state index in [1.165, 1.54) is 11.1 Å². The number of nitrogens with zero attached hydrogens (tertiary/aromatic N) is 5. The van der Waals surface area contributed by atoms with Crippen LogP contribution in [0.25, 0.3) is 0 Å². The monoisotopic (exact) mass is 502 g/mol. The molecule has 0 bridgehead atoms. The summed E-state index contributed by atoms with van der Waals surface area (Å²) in [6, 6.07) is 20.6. The third-order valence-corrected chi connectivity index (χ3v) is 7.34. The number of rotatable bonds is 8. The van der Waals surface area contributed by atoms with Crippen LogP contribution in [0, 0.1) is 0 Å². The van der Waals surface area contributed by atoms with Crippen molar-refractivity contribution in [2.24, 2.45) is 0 Å². The molecular formula is C29H38N6O2. The summed E-state index contributed by atoms with van der Waals surface area (Å²) in [5.74, 6) is 1.59. The van der Waals surface area contributed by atoms with Gasteiger partial charge in [0.25, 0.3) is 5.56 Å². The van der Waals surface area contributed by atoms with Gasteiger partial charge in [0.2, 0.25) is 5.95 Å². The van der Waals surface area contributed by atoms with Gasteiger partial charge >= 0.3 is 0 Å². The van der Waals surface area contributed by atoms with Crippen molar-refractivity contribution >= 4 is 5.95 Å². The van der Waals surface area contributed by atoms with Crippen molar-refractivity contribution < 1.29 is 4.74 Å². The zero-order chi connectivity index (χ0) is 25.5. The molecule has 8 heteroatoms. The number of H-pyrrole nitrogens is 1. The van der Waals surface area contributed by atoms with Gasteiger partial charge in [-0.1, -0.05) is 42.5 Å². The maximum absolute atomic E-state index is 12.5. The van der Waals surface area contributed by atoms with Crippen LogP contribution in [-0.2, 0) is 19.6 Å². The Hall–Kier alpha value is -3.20. The van der Waals surface area contributed by atoms with E-state index in [1.54, 1.807) is 13.2 Å². The summed E-state index contributed by atoms with van der Waals surface area (Å²) in [6.45, 7) is 10.4. The summed E-state index contributed by atoms with van der Waals surface area (Å²) >= 11 is 0. The molecule has 3 heterocycles. The number of anilines is 1. The van der Waals surface area contributed by atoms with Gasteiger partial charge in [0, 0.05) is 78.1 Å². The third kappa shape index (κ3) is 7.19. The van der Waals surface area contributed by atoms with Gasteiger partial charge in [-0.2, -0.15) is 0 Å². The van der Waals surface area contributed by atoms with Gasteiger partial charge in [-0.25, -0.2) is 4.98 Å². The van der Waals surface area contributed by atoms with Gasteiger partial charge in [0.05, 0.1) is 12.8 Å². The molecule has 3 aromatic rings. The Labute approximate surface area is 219 Å². The molecule has 2 aliphatic heterocycles. The number of piperazine rings is 1. The van der Waals surface area contributed by atoms with E-state index < -0.39 is 0 Å². The lowest BCUT2D eigenvalue weighted by atomic mass is 10.2. The van der Waals surface area contributed by atoms with E-state index in [0.29, 0.717) is 12.5 Å². The number of hydrogen-bond donors (Lipinski definition) is 1. The van der Waals surface area contributed by atoms with E-state index in [1.807, 2.05) is 12.1 Å². The molecular weight excluding hydrogens is 464 g/mol. The second kappa shape index (κ2) is 12.4. The van der Waals surface area contributed by atoms with Gasteiger partial charge in [0.1, 0.15) is 5.75 Å². The van der Waals surface area contributed by atoms with Crippen LogP contribution in [0.5, 0.6) is 5.75 Å². The van der Waals surface area contributed by atoms with Gasteiger partial charge < -0.3 is 9.64 Å². The minimum absolute atomic E-state index is 0.0675. The summed E-state index contributed by atoms with van der Waals surface area (Å²) in [6.07, 6.45) is 1.04. The second-order valence-electron chi connectivity index (χ2n) is 10.1. The summed E-state index contributed by atoms with van der Waals surface area (Å²) in [7, 11) is 1.69. The number of aromatic amines is 1. The van der Waals surface area contributed by atoms with E-state index in [2.05, 4.69) is 67.0 Å². The number of hydrogen-bond acceptors (Lipinski definition) is 7. The van der Waals surface area contributed by atoms with Crippen molar-refractivity contribution in [2.45, 2.75) is 26.1 Å². The van der Waals surface area contributed by atoms with Gasteiger partial charge in [-0.15, -0.1) is 0 Å². The van der Waals surface area contributed by atoms with E-state index in [-0.39, 0.29) is 5.56 Å². The Morgan fingerprint density at radius 1 is 0.757 bits per heavy atom. The van der Waals surface area contributed by atoms with Crippen molar-refractivity contribution in [1.29, 1.82) is 0 Å². The predicted molar refractivity (Wildman–Crippen MR) is 147 cm³/mol. The van der Waals surface area contributed by atoms with E-state index in [0.717, 1.165) is 83.3 Å². The SMILES string of the molecule is COc1ccc(CN2CCCN(c3nc(CN4CCN(Cc5ccccc5)CC4)cc(=O)[nH]3)CC2)cc1. The second-order valence-corrected chi connectivity index (χ2v) is 10.1. The maximum atomic E-state index is 12.5. The van der Waals surface area contributed by atoms with E-state index >= 15 is 0 Å². The fourth-order valence-corrected chi connectivity index (χ4v) is 5.23. The zero-order valence-electron chi connectivity index (χ0n) is 21.8. The number of aromatic nitrogens is 2. The summed E-state index contributed by atoms with van der Waals surface area (Å²) in [5, 5.41) is 0. The van der Waals surface area contributed by atoms with Crippen LogP contribution in [0.1, 0.15) is 23.2 Å². The summed E-state index contributed by atoms with van der Waals surface area (Å²) in [5.41, 5.74) is 3.43. The van der Waals surface area contributed by atoms with Gasteiger partial charge in [-0.05, 0) is 29.7 Å². The zero-order valence-corrected chi connectivity index (χ0v) is 21.8. The molecule has 1 aromatic heterocycles. The Kier molecular flexibility index (Phi) is 8.50. The lowest BCUT2D eigenvalue weighted by Crippen LogP contribution is -2.45. The topological polar surface area (TPSA) is 67.9 Å². The molecule has 0 unspecified atom stereocenters. The highest BCUT2D eigenvalue weighted by Crippen LogP contribution is 2.17. The quantitative estimate of drug-likeness (QED) is 0.508. The minimum Gasteiger partial charge on any atom is -0.497 e. The molecule has 0 saturated carbocycles. The highest BCUT2D eigenvalue weighted by Gasteiger charge is 2.20. The van der Waals surface area contributed by atoms with Crippen LogP contribution in [0.2, 0.25) is 0 Å². The number of benzene rings is 2. The van der Waals surface area contributed by atoms with Crippen LogP contribution < -0.4 is 15.2 Å². The van der Waals surface area contributed by atoms with Crippen LogP contribution in [0.3, 0.4) is 0 Å². The first-order chi connectivity index (χ1) is 18.1. The van der Waals surface area contributed by atoms with Crippen LogP contribution in [0.15, 0.2) is 65.5 Å². The molecule has 0 aliphatic carbocycles. The molecule has 2 aliphatic rings. The molecule has 0 atom stereocenters. The average Bonchev–Trinajstić information content (AvgIpc) is 3.16. The van der Waals surface area contributed by atoms with Crippen molar-refractivity contribution in [1.82, 2.24) is 24.7 Å². The molecule has 8 nitrogen and oxygen atoms in total. The Bertz CT molecular complexity index is 1180.